The van der Waals surface area contributed by atoms with Crippen LogP contribution in [0.3, 0.4) is 0 Å². The molecule has 6 aromatic carbocycles. The average molecular weight is 687 g/mol. The first-order chi connectivity index (χ1) is 25.8. The van der Waals surface area contributed by atoms with Crippen LogP contribution >= 0.6 is 11.8 Å². The third kappa shape index (κ3) is 3.88. The van der Waals surface area contributed by atoms with Crippen LogP contribution in [0.1, 0.15) is 34.4 Å². The van der Waals surface area contributed by atoms with Crippen molar-refractivity contribution in [2.45, 2.75) is 40.0 Å². The molecule has 1 aromatic heterocycles. The number of anilines is 2. The summed E-state index contributed by atoms with van der Waals surface area (Å²) in [5.41, 5.74) is 12.7. The summed E-state index contributed by atoms with van der Waals surface area (Å²) < 4.78 is 9.32. The predicted molar refractivity (Wildman–Crippen MR) is 215 cm³/mol. The van der Waals surface area contributed by atoms with Crippen LogP contribution in [-0.4, -0.2) is 22.0 Å². The second kappa shape index (κ2) is 10.9. The van der Waals surface area contributed by atoms with Gasteiger partial charge in [0, 0.05) is 66.7 Å². The van der Waals surface area contributed by atoms with Crippen molar-refractivity contribution in [2.75, 3.05) is 4.90 Å². The molecule has 2 aliphatic carbocycles. The Morgan fingerprint density at radius 3 is 2.13 bits per heavy atom. The van der Waals surface area contributed by atoms with E-state index in [4.69, 9.17) is 4.74 Å². The largest absolute Gasteiger partial charge is 0.488 e. The minimum Gasteiger partial charge on any atom is -0.488 e. The molecule has 7 aromatic rings. The van der Waals surface area contributed by atoms with E-state index < -0.39 is 0 Å². The molecule has 0 saturated carbocycles. The fraction of sp³-hybridized carbons (Fsp3) is 0.125. The first-order valence-electron chi connectivity index (χ1n) is 18.4. The number of hydrogen-bond acceptors (Lipinski definition) is 3. The van der Waals surface area contributed by atoms with Crippen molar-refractivity contribution in [3.05, 3.63) is 187 Å². The van der Waals surface area contributed by atoms with E-state index in [1.807, 2.05) is 11.8 Å². The van der Waals surface area contributed by atoms with E-state index in [1.165, 1.54) is 71.6 Å². The van der Waals surface area contributed by atoms with Gasteiger partial charge < -0.3 is 14.2 Å². The van der Waals surface area contributed by atoms with Crippen LogP contribution in [0, 0.1) is 0 Å². The van der Waals surface area contributed by atoms with Gasteiger partial charge in [0.1, 0.15) is 11.9 Å². The van der Waals surface area contributed by atoms with Crippen molar-refractivity contribution in [1.82, 2.24) is 4.57 Å². The summed E-state index contributed by atoms with van der Waals surface area (Å²) in [6.45, 7) is 0. The lowest BCUT2D eigenvalue weighted by atomic mass is 9.77. The minimum absolute atomic E-state index is 0.0602. The van der Waals surface area contributed by atoms with Crippen molar-refractivity contribution >= 4 is 44.9 Å². The number of benzene rings is 6. The Kier molecular flexibility index (Phi) is 6.06. The van der Waals surface area contributed by atoms with Crippen LogP contribution in [0.25, 0.3) is 38.6 Å². The van der Waals surface area contributed by atoms with Crippen LogP contribution in [-0.2, 0) is 0 Å². The Morgan fingerprint density at radius 2 is 1.23 bits per heavy atom. The van der Waals surface area contributed by atoms with Crippen LogP contribution in [0.2, 0.25) is 0 Å². The van der Waals surface area contributed by atoms with E-state index in [-0.39, 0.29) is 24.0 Å². The molecule has 0 spiro atoms. The molecule has 4 heteroatoms. The van der Waals surface area contributed by atoms with Crippen molar-refractivity contribution in [2.24, 2.45) is 0 Å². The third-order valence-corrected chi connectivity index (χ3v) is 13.5. The van der Waals surface area contributed by atoms with Gasteiger partial charge >= 0.3 is 0 Å². The number of aromatic nitrogens is 1. The van der Waals surface area contributed by atoms with E-state index in [2.05, 4.69) is 179 Å². The zero-order valence-electron chi connectivity index (χ0n) is 28.3. The molecule has 0 N–H and O–H groups in total. The number of nitrogens with zero attached hydrogens (tertiary/aromatic N) is 2. The van der Waals surface area contributed by atoms with Gasteiger partial charge in [-0.1, -0.05) is 134 Å². The molecule has 6 unspecified atom stereocenters. The molecule has 0 bridgehead atoms. The summed E-state index contributed by atoms with van der Waals surface area (Å²) in [4.78, 5) is 4.01. The normalized spacial score (nSPS) is 24.3. The molecule has 0 saturated heterocycles. The molecule has 3 aliphatic heterocycles. The highest BCUT2D eigenvalue weighted by Crippen LogP contribution is 2.57. The summed E-state index contributed by atoms with van der Waals surface area (Å²) in [6, 6.07) is 49.5. The Bertz CT molecular complexity index is 2720. The number of allylic oxidation sites excluding steroid dienone is 3. The quantitative estimate of drug-likeness (QED) is 0.172. The van der Waals surface area contributed by atoms with Crippen LogP contribution in [0.5, 0.6) is 5.75 Å². The lowest BCUT2D eigenvalue weighted by Gasteiger charge is -2.36. The van der Waals surface area contributed by atoms with Gasteiger partial charge in [-0.25, -0.2) is 0 Å². The maximum atomic E-state index is 6.80. The van der Waals surface area contributed by atoms with Crippen molar-refractivity contribution in [3.8, 4) is 22.6 Å². The Balaban J connectivity index is 1.04. The van der Waals surface area contributed by atoms with Gasteiger partial charge in [-0.3, -0.25) is 0 Å². The predicted octanol–water partition coefficient (Wildman–Crippen LogP) is 11.9. The summed E-state index contributed by atoms with van der Waals surface area (Å²) in [6.07, 6.45) is 14.1. The van der Waals surface area contributed by atoms with E-state index in [1.54, 1.807) is 0 Å². The van der Waals surface area contributed by atoms with E-state index >= 15 is 0 Å². The van der Waals surface area contributed by atoms with Crippen LogP contribution in [0.15, 0.2) is 175 Å². The number of rotatable bonds is 3. The summed E-state index contributed by atoms with van der Waals surface area (Å²) in [5, 5.41) is 3.13. The van der Waals surface area contributed by atoms with Gasteiger partial charge in [0.2, 0.25) is 0 Å². The summed E-state index contributed by atoms with van der Waals surface area (Å²) in [5.74, 6) is 1.92. The lowest BCUT2D eigenvalue weighted by Crippen LogP contribution is -2.40. The molecule has 6 atom stereocenters. The molecule has 248 valence electrons. The van der Waals surface area contributed by atoms with Crippen molar-refractivity contribution in [3.63, 3.8) is 0 Å². The maximum Gasteiger partial charge on any atom is 0.123 e. The maximum absolute atomic E-state index is 6.80. The zero-order chi connectivity index (χ0) is 33.9. The summed E-state index contributed by atoms with van der Waals surface area (Å²) >= 11 is 2.02. The topological polar surface area (TPSA) is 17.4 Å². The Morgan fingerprint density at radius 1 is 0.519 bits per heavy atom. The van der Waals surface area contributed by atoms with Gasteiger partial charge in [0.15, 0.2) is 0 Å². The van der Waals surface area contributed by atoms with Gasteiger partial charge in [-0.15, -0.1) is 11.8 Å². The molecule has 12 rings (SSSR count). The van der Waals surface area contributed by atoms with Crippen molar-refractivity contribution in [1.29, 1.82) is 0 Å². The van der Waals surface area contributed by atoms with E-state index in [9.17, 15) is 0 Å². The van der Waals surface area contributed by atoms with E-state index in [0.717, 1.165) is 5.75 Å². The number of fused-ring (bicyclic) bond motifs is 14. The summed E-state index contributed by atoms with van der Waals surface area (Å²) in [7, 11) is 0. The van der Waals surface area contributed by atoms with Gasteiger partial charge in [-0.2, -0.15) is 0 Å². The smallest absolute Gasteiger partial charge is 0.123 e. The first-order valence-corrected chi connectivity index (χ1v) is 19.3. The second-order valence-electron chi connectivity index (χ2n) is 14.6. The molecule has 52 heavy (non-hydrogen) atoms. The molecule has 3 nitrogen and oxygen atoms in total. The number of thioether (sulfide) groups is 1. The standard InChI is InChI=1S/C48H34N2OS/c1-7-19-37(49-39-21-9-3-17-35(39)45-41(49)27-25-33-31-15-5-11-23-43(31)51-47(33)45)29(13-1)30-14-2-8-20-38(30)50-40-22-10-4-18-36(40)46-42(50)28-26-34-32-16-6-12-24-44(32)52-48(34)46/h1-28,32-33,41,44-45,47H. The molecule has 0 amide bonds. The number of ether oxygens (including phenoxy) is 1. The highest BCUT2D eigenvalue weighted by molar-refractivity contribution is 8.00. The first kappa shape index (κ1) is 28.9. The highest BCUT2D eigenvalue weighted by Gasteiger charge is 2.51. The minimum atomic E-state index is 0.0602. The van der Waals surface area contributed by atoms with Crippen LogP contribution in [0.4, 0.5) is 11.4 Å². The average Bonchev–Trinajstić information content (AvgIpc) is 3.95. The molecule has 4 heterocycles. The zero-order valence-corrected chi connectivity index (χ0v) is 29.2. The fourth-order valence-corrected chi connectivity index (χ4v) is 11.5. The van der Waals surface area contributed by atoms with Gasteiger partial charge in [-0.05, 0) is 47.5 Å². The van der Waals surface area contributed by atoms with Gasteiger partial charge in [0.05, 0.1) is 22.8 Å². The van der Waals surface area contributed by atoms with Crippen molar-refractivity contribution < 1.29 is 4.74 Å². The Hall–Kier alpha value is -5.71. The molecular weight excluding hydrogens is 653 g/mol. The number of para-hydroxylation sites is 5. The highest BCUT2D eigenvalue weighted by atomic mass is 32.2. The lowest BCUT2D eigenvalue weighted by molar-refractivity contribution is 0.176. The monoisotopic (exact) mass is 686 g/mol. The third-order valence-electron chi connectivity index (χ3n) is 12.1. The van der Waals surface area contributed by atoms with Crippen LogP contribution < -0.4 is 9.64 Å². The molecule has 0 radical (unpaired) electrons. The Labute approximate surface area is 307 Å². The SMILES string of the molecule is C1=CC2Sc3c(ccc4c3c3ccccc3n4-c3ccccc3-c3ccccc3N3c4ccccc4C4C5Oc6ccccc6C5C=CC43)C2C=C1. The fourth-order valence-electron chi connectivity index (χ4n) is 9.98. The molecule has 0 fully saturated rings. The second-order valence-corrected chi connectivity index (χ2v) is 15.8. The van der Waals surface area contributed by atoms with E-state index in [0.29, 0.717) is 11.2 Å². The number of hydrogen-bond donors (Lipinski definition) is 0. The molecule has 5 aliphatic rings. The molecular formula is C48H34N2OS. The van der Waals surface area contributed by atoms with Gasteiger partial charge in [0.25, 0.3) is 0 Å².